The summed E-state index contributed by atoms with van der Waals surface area (Å²) in [5, 5.41) is 15.2. The molecule has 3 aromatic rings. The Labute approximate surface area is 221 Å². The molecule has 0 spiro atoms. The molecule has 0 atom stereocenters. The zero-order valence-corrected chi connectivity index (χ0v) is 23.2. The molecular formula is C25H31N5O3S3. The van der Waals surface area contributed by atoms with Crippen LogP contribution in [0.4, 0.5) is 16.5 Å². The lowest BCUT2D eigenvalue weighted by atomic mass is 10.1. The van der Waals surface area contributed by atoms with Crippen molar-refractivity contribution in [2.75, 3.05) is 29.5 Å². The van der Waals surface area contributed by atoms with Crippen LogP contribution in [0.25, 0.3) is 0 Å². The van der Waals surface area contributed by atoms with Gasteiger partial charge in [0.15, 0.2) is 4.34 Å². The van der Waals surface area contributed by atoms with Crippen molar-refractivity contribution in [2.24, 2.45) is 0 Å². The molecule has 1 amide bonds. The topological polar surface area (TPSA) is 104 Å². The first-order valence-electron chi connectivity index (χ1n) is 11.9. The molecule has 1 aromatic heterocycles. The normalized spacial score (nSPS) is 14.9. The number of thioether (sulfide) groups is 1. The van der Waals surface area contributed by atoms with E-state index in [2.05, 4.69) is 20.8 Å². The van der Waals surface area contributed by atoms with Crippen LogP contribution in [0.3, 0.4) is 0 Å². The van der Waals surface area contributed by atoms with E-state index in [0.29, 0.717) is 33.8 Å². The van der Waals surface area contributed by atoms with Gasteiger partial charge in [0.1, 0.15) is 0 Å². The summed E-state index contributed by atoms with van der Waals surface area (Å²) in [6.45, 7) is 6.93. The molecule has 0 radical (unpaired) electrons. The van der Waals surface area contributed by atoms with Gasteiger partial charge in [-0.3, -0.25) is 4.79 Å². The number of aromatic nitrogens is 2. The second-order valence-electron chi connectivity index (χ2n) is 8.90. The van der Waals surface area contributed by atoms with E-state index < -0.39 is 10.0 Å². The number of nitrogens with zero attached hydrogens (tertiary/aromatic N) is 3. The highest BCUT2D eigenvalue weighted by molar-refractivity contribution is 8.01. The summed E-state index contributed by atoms with van der Waals surface area (Å²) in [6, 6.07) is 11.1. The summed E-state index contributed by atoms with van der Waals surface area (Å²) in [6.07, 6.45) is 3.85. The van der Waals surface area contributed by atoms with E-state index in [4.69, 9.17) is 0 Å². The molecule has 36 heavy (non-hydrogen) atoms. The van der Waals surface area contributed by atoms with Crippen molar-refractivity contribution in [3.8, 4) is 0 Å². The van der Waals surface area contributed by atoms with Gasteiger partial charge in [-0.1, -0.05) is 60.2 Å². The lowest BCUT2D eigenvalue weighted by Gasteiger charge is -2.21. The molecule has 0 aliphatic carbocycles. The first-order chi connectivity index (χ1) is 17.2. The van der Waals surface area contributed by atoms with Crippen LogP contribution in [0.1, 0.15) is 42.4 Å². The maximum Gasteiger partial charge on any atom is 0.243 e. The van der Waals surface area contributed by atoms with Gasteiger partial charge >= 0.3 is 0 Å². The summed E-state index contributed by atoms with van der Waals surface area (Å²) in [4.78, 5) is 12.9. The van der Waals surface area contributed by atoms with Crippen molar-refractivity contribution in [2.45, 2.75) is 55.7 Å². The summed E-state index contributed by atoms with van der Waals surface area (Å²) in [7, 11) is -3.61. The van der Waals surface area contributed by atoms with Gasteiger partial charge in [0.2, 0.25) is 21.1 Å². The Kier molecular flexibility index (Phi) is 8.66. The molecule has 1 aliphatic rings. The Bertz CT molecular complexity index is 1310. The third-order valence-corrected chi connectivity index (χ3v) is 10.1. The van der Waals surface area contributed by atoms with Crippen molar-refractivity contribution in [3.63, 3.8) is 0 Å². The van der Waals surface area contributed by atoms with Crippen LogP contribution < -0.4 is 10.6 Å². The highest BCUT2D eigenvalue weighted by atomic mass is 32.2. The van der Waals surface area contributed by atoms with E-state index in [-0.39, 0.29) is 16.6 Å². The van der Waals surface area contributed by atoms with Crippen LogP contribution in [0.15, 0.2) is 45.6 Å². The van der Waals surface area contributed by atoms with Gasteiger partial charge in [-0.2, -0.15) is 4.31 Å². The number of para-hydroxylation sites is 1. The molecule has 0 saturated carbocycles. The number of nitrogens with one attached hydrogen (secondary N) is 2. The van der Waals surface area contributed by atoms with Crippen LogP contribution in [0, 0.1) is 20.8 Å². The number of hydrogen-bond acceptors (Lipinski definition) is 8. The first-order valence-corrected chi connectivity index (χ1v) is 15.2. The molecule has 0 bridgehead atoms. The number of hydrogen-bond donors (Lipinski definition) is 2. The van der Waals surface area contributed by atoms with Crippen molar-refractivity contribution in [1.29, 1.82) is 0 Å². The van der Waals surface area contributed by atoms with Gasteiger partial charge in [-0.25, -0.2) is 8.42 Å². The van der Waals surface area contributed by atoms with Crippen molar-refractivity contribution >= 4 is 55.5 Å². The lowest BCUT2D eigenvalue weighted by Crippen LogP contribution is -2.32. The zero-order valence-electron chi connectivity index (χ0n) is 20.7. The van der Waals surface area contributed by atoms with Crippen LogP contribution >= 0.6 is 23.1 Å². The van der Waals surface area contributed by atoms with E-state index >= 15 is 0 Å². The second kappa shape index (κ2) is 11.7. The third-order valence-electron chi connectivity index (χ3n) is 6.10. The van der Waals surface area contributed by atoms with Crippen molar-refractivity contribution in [1.82, 2.24) is 14.5 Å². The summed E-state index contributed by atoms with van der Waals surface area (Å²) >= 11 is 2.68. The number of benzene rings is 2. The Morgan fingerprint density at radius 1 is 1.00 bits per heavy atom. The predicted molar refractivity (Wildman–Crippen MR) is 147 cm³/mol. The molecule has 1 fully saturated rings. The van der Waals surface area contributed by atoms with Gasteiger partial charge in [0, 0.05) is 24.5 Å². The smallest absolute Gasteiger partial charge is 0.243 e. The van der Waals surface area contributed by atoms with Crippen LogP contribution in [-0.4, -0.2) is 47.7 Å². The molecule has 0 unspecified atom stereocenters. The zero-order chi connectivity index (χ0) is 25.7. The molecule has 8 nitrogen and oxygen atoms in total. The lowest BCUT2D eigenvalue weighted by molar-refractivity contribution is -0.113. The number of carbonyl (C=O) groups is 1. The van der Waals surface area contributed by atoms with E-state index in [1.165, 1.54) is 23.1 Å². The monoisotopic (exact) mass is 545 g/mol. The average molecular weight is 546 g/mol. The highest BCUT2D eigenvalue weighted by Crippen LogP contribution is 2.31. The minimum atomic E-state index is -3.61. The van der Waals surface area contributed by atoms with Gasteiger partial charge < -0.3 is 10.6 Å². The van der Waals surface area contributed by atoms with E-state index in [1.54, 1.807) is 29.4 Å². The maximum atomic E-state index is 13.3. The van der Waals surface area contributed by atoms with Gasteiger partial charge in [-0.15, -0.1) is 10.2 Å². The average Bonchev–Trinajstić information content (AvgIpc) is 3.10. The second-order valence-corrected chi connectivity index (χ2v) is 13.0. The SMILES string of the molecule is Cc1ccc(NC(=O)CSc2nnc(Nc3c(C)cccc3C)s2)cc1S(=O)(=O)N1CCCCCC1. The molecule has 192 valence electrons. The van der Waals surface area contributed by atoms with Crippen LogP contribution in [-0.2, 0) is 14.8 Å². The van der Waals surface area contributed by atoms with Gasteiger partial charge in [0.25, 0.3) is 0 Å². The fourth-order valence-corrected chi connectivity index (χ4v) is 7.46. The van der Waals surface area contributed by atoms with Crippen molar-refractivity contribution < 1.29 is 13.2 Å². The Hall–Kier alpha value is -2.47. The van der Waals surface area contributed by atoms with Gasteiger partial charge in [0.05, 0.1) is 10.6 Å². The summed E-state index contributed by atoms with van der Waals surface area (Å²) in [5.74, 6) is -0.0958. The molecule has 4 rings (SSSR count). The number of sulfonamides is 1. The number of aryl methyl sites for hydroxylation is 3. The van der Waals surface area contributed by atoms with Crippen molar-refractivity contribution in [3.05, 3.63) is 53.1 Å². The predicted octanol–water partition coefficient (Wildman–Crippen LogP) is 5.50. The largest absolute Gasteiger partial charge is 0.330 e. The van der Waals surface area contributed by atoms with Crippen LogP contribution in [0.2, 0.25) is 0 Å². The minimum absolute atomic E-state index is 0.139. The maximum absolute atomic E-state index is 13.3. The van der Waals surface area contributed by atoms with E-state index in [0.717, 1.165) is 42.5 Å². The summed E-state index contributed by atoms with van der Waals surface area (Å²) in [5.41, 5.74) is 4.38. The third kappa shape index (κ3) is 6.44. The van der Waals surface area contributed by atoms with E-state index in [9.17, 15) is 13.2 Å². The molecule has 11 heteroatoms. The van der Waals surface area contributed by atoms with Gasteiger partial charge in [-0.05, 0) is 62.4 Å². The standard InChI is InChI=1S/C25H31N5O3S3/c1-17-11-12-20(15-21(17)36(32,33)30-13-6-4-5-7-14-30)26-22(31)16-34-25-29-28-24(35-25)27-23-18(2)9-8-10-19(23)3/h8-12,15H,4-7,13-14,16H2,1-3H3,(H,26,31)(H,27,28). The fourth-order valence-electron chi connectivity index (χ4n) is 4.14. The number of rotatable bonds is 8. The number of anilines is 3. The molecule has 2 aromatic carbocycles. The minimum Gasteiger partial charge on any atom is -0.330 e. The Morgan fingerprint density at radius 3 is 2.39 bits per heavy atom. The molecular weight excluding hydrogens is 515 g/mol. The molecule has 1 aliphatic heterocycles. The molecule has 2 heterocycles. The quantitative estimate of drug-likeness (QED) is 0.360. The fraction of sp³-hybridized carbons (Fsp3) is 0.400. The van der Waals surface area contributed by atoms with E-state index in [1.807, 2.05) is 32.0 Å². The number of amides is 1. The number of carbonyl (C=O) groups excluding carboxylic acids is 1. The Morgan fingerprint density at radius 2 is 1.69 bits per heavy atom. The molecule has 2 N–H and O–H groups in total. The Balaban J connectivity index is 1.37. The first kappa shape index (κ1) is 26.6. The summed E-state index contributed by atoms with van der Waals surface area (Å²) < 4.78 is 28.8. The molecule has 1 saturated heterocycles. The highest BCUT2D eigenvalue weighted by Gasteiger charge is 2.27. The van der Waals surface area contributed by atoms with Crippen LogP contribution in [0.5, 0.6) is 0 Å².